The normalized spacial score (nSPS) is 12.8. The van der Waals surface area contributed by atoms with E-state index in [2.05, 4.69) is 40.2 Å². The molecule has 0 saturated carbocycles. The second kappa shape index (κ2) is 8.57. The van der Waals surface area contributed by atoms with Crippen LogP contribution in [0.4, 0.5) is 0 Å². The van der Waals surface area contributed by atoms with Crippen LogP contribution in [0.2, 0.25) is 0 Å². The molecular formula is C17H23B. The van der Waals surface area contributed by atoms with Crippen LogP contribution in [-0.2, 0) is 0 Å². The molecule has 0 amide bonds. The first-order chi connectivity index (χ1) is 8.38. The number of hydrogen-bond acceptors (Lipinski definition) is 0. The van der Waals surface area contributed by atoms with E-state index in [-0.39, 0.29) is 0 Å². The minimum Gasteiger partial charge on any atom is -0.106 e. The number of allylic oxidation sites excluding steroid dienone is 8. The molecule has 0 fully saturated rings. The van der Waals surface area contributed by atoms with Crippen molar-refractivity contribution in [1.29, 1.82) is 0 Å². The molecule has 0 spiro atoms. The van der Waals surface area contributed by atoms with Gasteiger partial charge in [-0.1, -0.05) is 69.9 Å². The molecule has 0 aromatic rings. The monoisotopic (exact) mass is 238 g/mol. The van der Waals surface area contributed by atoms with E-state index in [9.17, 15) is 0 Å². The molecule has 1 unspecified atom stereocenters. The lowest BCUT2D eigenvalue weighted by Gasteiger charge is -2.09. The van der Waals surface area contributed by atoms with Gasteiger partial charge in [0.2, 0.25) is 0 Å². The van der Waals surface area contributed by atoms with Crippen molar-refractivity contribution in [3.63, 3.8) is 0 Å². The topological polar surface area (TPSA) is 0 Å². The van der Waals surface area contributed by atoms with E-state index in [0.717, 1.165) is 23.1 Å². The Kier molecular flexibility index (Phi) is 7.86. The van der Waals surface area contributed by atoms with Gasteiger partial charge in [-0.2, -0.15) is 0 Å². The fourth-order valence-corrected chi connectivity index (χ4v) is 1.41. The zero-order valence-corrected chi connectivity index (χ0v) is 11.7. The average Bonchev–Trinajstić information content (AvgIpc) is 2.32. The second-order valence-corrected chi connectivity index (χ2v) is 4.56. The lowest BCUT2D eigenvalue weighted by molar-refractivity contribution is 0.614. The van der Waals surface area contributed by atoms with E-state index in [4.69, 9.17) is 7.85 Å². The van der Waals surface area contributed by atoms with Gasteiger partial charge in [0, 0.05) is 0 Å². The summed E-state index contributed by atoms with van der Waals surface area (Å²) in [6.07, 6.45) is 9.81. The smallest absolute Gasteiger partial charge is 0.106 e. The summed E-state index contributed by atoms with van der Waals surface area (Å²) in [5.74, 6) is 0.506. The van der Waals surface area contributed by atoms with Crippen molar-refractivity contribution in [2.75, 3.05) is 0 Å². The van der Waals surface area contributed by atoms with Gasteiger partial charge in [-0.3, -0.25) is 0 Å². The Morgan fingerprint density at radius 2 is 1.50 bits per heavy atom. The molecule has 0 aromatic carbocycles. The van der Waals surface area contributed by atoms with Gasteiger partial charge in [0.25, 0.3) is 0 Å². The molecule has 0 rings (SSSR count). The van der Waals surface area contributed by atoms with E-state index in [1.54, 1.807) is 6.08 Å². The van der Waals surface area contributed by atoms with Crippen LogP contribution in [0.25, 0.3) is 0 Å². The minimum atomic E-state index is 0.506. The zero-order valence-electron chi connectivity index (χ0n) is 11.7. The summed E-state index contributed by atoms with van der Waals surface area (Å²) in [5, 5.41) is 0. The van der Waals surface area contributed by atoms with Crippen LogP contribution in [0.5, 0.6) is 0 Å². The molecule has 0 nitrogen and oxygen atoms in total. The molecule has 18 heavy (non-hydrogen) atoms. The van der Waals surface area contributed by atoms with Crippen LogP contribution in [0.1, 0.15) is 26.7 Å². The van der Waals surface area contributed by atoms with Crippen molar-refractivity contribution >= 4 is 7.85 Å². The highest BCUT2D eigenvalue weighted by Gasteiger charge is 2.02. The Balaban J connectivity index is 4.43. The fourth-order valence-electron chi connectivity index (χ4n) is 1.41. The predicted octanol–water partition coefficient (Wildman–Crippen LogP) is 4.89. The summed E-state index contributed by atoms with van der Waals surface area (Å²) in [7, 11) is 5.45. The second-order valence-electron chi connectivity index (χ2n) is 4.56. The van der Waals surface area contributed by atoms with Gasteiger partial charge in [0.1, 0.15) is 7.85 Å². The highest BCUT2D eigenvalue weighted by atomic mass is 14.1. The molecule has 1 atom stereocenters. The van der Waals surface area contributed by atoms with Gasteiger partial charge < -0.3 is 0 Å². The quantitative estimate of drug-likeness (QED) is 0.417. The lowest BCUT2D eigenvalue weighted by atomic mass is 9.95. The zero-order chi connectivity index (χ0) is 14.1. The largest absolute Gasteiger partial charge is 0.112 e. The molecule has 0 heterocycles. The Hall–Kier alpha value is -1.50. The number of rotatable bonds is 8. The van der Waals surface area contributed by atoms with E-state index in [0.29, 0.717) is 11.4 Å². The average molecular weight is 238 g/mol. The van der Waals surface area contributed by atoms with Gasteiger partial charge in [-0.15, -0.1) is 12.1 Å². The molecule has 0 saturated heterocycles. The van der Waals surface area contributed by atoms with Gasteiger partial charge in [0.05, 0.1) is 0 Å². The Labute approximate surface area is 114 Å². The Morgan fingerprint density at radius 1 is 1.00 bits per heavy atom. The van der Waals surface area contributed by atoms with Crippen molar-refractivity contribution in [1.82, 2.24) is 0 Å². The highest BCUT2D eigenvalue weighted by molar-refractivity contribution is 6.23. The molecular weight excluding hydrogens is 215 g/mol. The number of hydrogen-bond donors (Lipinski definition) is 0. The molecule has 94 valence electrons. The third-order valence-electron chi connectivity index (χ3n) is 2.76. The first-order valence-corrected chi connectivity index (χ1v) is 6.26. The first kappa shape index (κ1) is 16.5. The molecule has 0 bridgehead atoms. The maximum absolute atomic E-state index is 5.45. The van der Waals surface area contributed by atoms with Crippen LogP contribution in [0.3, 0.4) is 0 Å². The van der Waals surface area contributed by atoms with Gasteiger partial charge in [-0.25, -0.2) is 0 Å². The van der Waals surface area contributed by atoms with Crippen LogP contribution in [0.15, 0.2) is 72.8 Å². The molecule has 0 aliphatic heterocycles. The summed E-state index contributed by atoms with van der Waals surface area (Å²) in [6.45, 7) is 19.9. The van der Waals surface area contributed by atoms with Crippen LogP contribution >= 0.6 is 0 Å². The van der Waals surface area contributed by atoms with Crippen LogP contribution in [0, 0.1) is 5.92 Å². The van der Waals surface area contributed by atoms with Crippen molar-refractivity contribution in [3.05, 3.63) is 72.8 Å². The molecule has 0 aliphatic carbocycles. The van der Waals surface area contributed by atoms with E-state index >= 15 is 0 Å². The Bertz CT molecular complexity index is 394. The third-order valence-corrected chi connectivity index (χ3v) is 2.76. The molecule has 0 N–H and O–H groups in total. The van der Waals surface area contributed by atoms with E-state index in [1.807, 2.05) is 18.2 Å². The minimum absolute atomic E-state index is 0.506. The Morgan fingerprint density at radius 3 is 1.94 bits per heavy atom. The maximum Gasteiger partial charge on any atom is 0.112 e. The SMILES string of the molecule is [B]C(=C)/C=C\C(=C)C(=C)/C=C\C(=C)C(C)CCC. The molecule has 0 aliphatic rings. The van der Waals surface area contributed by atoms with Crippen molar-refractivity contribution in [3.8, 4) is 0 Å². The molecule has 1 heteroatoms. The highest BCUT2D eigenvalue weighted by Crippen LogP contribution is 2.17. The summed E-state index contributed by atoms with van der Waals surface area (Å²) in [6, 6.07) is 0. The van der Waals surface area contributed by atoms with E-state index in [1.165, 1.54) is 6.42 Å². The standard InChI is InChI=1S/C17H23B/c1-7-8-13(2)14(3)9-10-15(4)16(5)11-12-17(6)18/h9-13H,3-8H2,1-2H3/b10-9-,12-11-. The lowest BCUT2D eigenvalue weighted by Crippen LogP contribution is -1.95. The van der Waals surface area contributed by atoms with Crippen molar-refractivity contribution < 1.29 is 0 Å². The molecule has 0 aromatic heterocycles. The van der Waals surface area contributed by atoms with E-state index < -0.39 is 0 Å². The summed E-state index contributed by atoms with van der Waals surface area (Å²) in [5.41, 5.74) is 3.32. The van der Waals surface area contributed by atoms with Gasteiger partial charge >= 0.3 is 0 Å². The first-order valence-electron chi connectivity index (χ1n) is 6.26. The third kappa shape index (κ3) is 6.95. The van der Waals surface area contributed by atoms with Crippen LogP contribution < -0.4 is 0 Å². The van der Waals surface area contributed by atoms with Crippen molar-refractivity contribution in [2.24, 2.45) is 5.92 Å². The van der Waals surface area contributed by atoms with Crippen molar-refractivity contribution in [2.45, 2.75) is 26.7 Å². The van der Waals surface area contributed by atoms with Gasteiger partial charge in [-0.05, 0) is 23.5 Å². The predicted molar refractivity (Wildman–Crippen MR) is 84.7 cm³/mol. The fraction of sp³-hybridized carbons (Fsp3) is 0.294. The summed E-state index contributed by atoms with van der Waals surface area (Å²) in [4.78, 5) is 0. The summed E-state index contributed by atoms with van der Waals surface area (Å²) >= 11 is 0. The molecule has 2 radical (unpaired) electrons. The summed E-state index contributed by atoms with van der Waals surface area (Å²) < 4.78 is 0. The maximum atomic E-state index is 5.45. The van der Waals surface area contributed by atoms with Crippen LogP contribution in [-0.4, -0.2) is 7.85 Å². The van der Waals surface area contributed by atoms with Gasteiger partial charge in [0.15, 0.2) is 0 Å².